The predicted octanol–water partition coefficient (Wildman–Crippen LogP) is 1.58. The lowest BCUT2D eigenvalue weighted by Gasteiger charge is -2.51. The van der Waals surface area contributed by atoms with Gasteiger partial charge in [-0.1, -0.05) is 19.9 Å². The van der Waals surface area contributed by atoms with E-state index in [-0.39, 0.29) is 30.1 Å². The molecule has 0 aliphatic heterocycles. The standard InChI is InChI=1S/C15H22N2O3/c1-15(2)12(8-13(15)19-3)17-14(18)9-20-11-6-4-5-10(16)7-11/h4-7,12-13H,8-9,16H2,1-3H3,(H,17,18). The molecule has 0 bridgehead atoms. The molecule has 0 spiro atoms. The Morgan fingerprint density at radius 3 is 2.85 bits per heavy atom. The van der Waals surface area contributed by atoms with E-state index in [1.165, 1.54) is 0 Å². The number of carbonyl (C=O) groups excluding carboxylic acids is 1. The molecule has 1 aliphatic rings. The Morgan fingerprint density at radius 2 is 2.25 bits per heavy atom. The smallest absolute Gasteiger partial charge is 0.258 e. The predicted molar refractivity (Wildman–Crippen MR) is 77.5 cm³/mol. The number of nitrogens with one attached hydrogen (secondary N) is 1. The third-order valence-corrected chi connectivity index (χ3v) is 4.03. The first kappa shape index (κ1) is 14.7. The minimum Gasteiger partial charge on any atom is -0.484 e. The third-order valence-electron chi connectivity index (χ3n) is 4.03. The summed E-state index contributed by atoms with van der Waals surface area (Å²) in [6.07, 6.45) is 1.04. The molecule has 1 aliphatic carbocycles. The van der Waals surface area contributed by atoms with Crippen LogP contribution >= 0.6 is 0 Å². The summed E-state index contributed by atoms with van der Waals surface area (Å²) in [6.45, 7) is 4.18. The monoisotopic (exact) mass is 278 g/mol. The topological polar surface area (TPSA) is 73.6 Å². The Balaban J connectivity index is 1.79. The highest BCUT2D eigenvalue weighted by Gasteiger charge is 2.49. The summed E-state index contributed by atoms with van der Waals surface area (Å²) in [5, 5.41) is 2.98. The number of anilines is 1. The van der Waals surface area contributed by atoms with Crippen molar-refractivity contribution in [2.45, 2.75) is 32.4 Å². The summed E-state index contributed by atoms with van der Waals surface area (Å²) in [5.41, 5.74) is 6.22. The fraction of sp³-hybridized carbons (Fsp3) is 0.533. The van der Waals surface area contributed by atoms with Crippen LogP contribution in [0.4, 0.5) is 5.69 Å². The fourth-order valence-electron chi connectivity index (χ4n) is 2.52. The van der Waals surface area contributed by atoms with Crippen molar-refractivity contribution in [2.24, 2.45) is 5.41 Å². The number of hydrogen-bond acceptors (Lipinski definition) is 4. The molecule has 3 N–H and O–H groups in total. The van der Waals surface area contributed by atoms with Crippen LogP contribution in [0.2, 0.25) is 0 Å². The summed E-state index contributed by atoms with van der Waals surface area (Å²) in [6, 6.07) is 7.17. The van der Waals surface area contributed by atoms with Gasteiger partial charge >= 0.3 is 0 Å². The number of amides is 1. The number of carbonyl (C=O) groups is 1. The van der Waals surface area contributed by atoms with Crippen molar-refractivity contribution in [3.63, 3.8) is 0 Å². The van der Waals surface area contributed by atoms with Gasteiger partial charge in [-0.3, -0.25) is 4.79 Å². The van der Waals surface area contributed by atoms with Gasteiger partial charge in [-0.15, -0.1) is 0 Å². The van der Waals surface area contributed by atoms with Crippen LogP contribution in [-0.2, 0) is 9.53 Å². The molecule has 5 heteroatoms. The van der Waals surface area contributed by atoms with Crippen molar-refractivity contribution in [2.75, 3.05) is 19.5 Å². The molecule has 1 amide bonds. The Kier molecular flexibility index (Phi) is 4.18. The van der Waals surface area contributed by atoms with Gasteiger partial charge < -0.3 is 20.5 Å². The van der Waals surface area contributed by atoms with E-state index in [4.69, 9.17) is 15.2 Å². The van der Waals surface area contributed by atoms with Crippen LogP contribution in [0.5, 0.6) is 5.75 Å². The van der Waals surface area contributed by atoms with Crippen LogP contribution < -0.4 is 15.8 Å². The minimum atomic E-state index is -0.125. The zero-order chi connectivity index (χ0) is 14.8. The molecular formula is C15H22N2O3. The summed E-state index contributed by atoms with van der Waals surface area (Å²) >= 11 is 0. The summed E-state index contributed by atoms with van der Waals surface area (Å²) < 4.78 is 10.8. The Labute approximate surface area is 119 Å². The van der Waals surface area contributed by atoms with Gasteiger partial charge in [0.25, 0.3) is 5.91 Å². The van der Waals surface area contributed by atoms with E-state index in [2.05, 4.69) is 19.2 Å². The van der Waals surface area contributed by atoms with E-state index in [0.717, 1.165) is 6.42 Å². The molecule has 1 fully saturated rings. The molecule has 2 atom stereocenters. The van der Waals surface area contributed by atoms with Gasteiger partial charge in [0.1, 0.15) is 5.75 Å². The number of ether oxygens (including phenoxy) is 2. The first-order valence-corrected chi connectivity index (χ1v) is 6.74. The normalized spacial score (nSPS) is 23.8. The minimum absolute atomic E-state index is 0.00627. The van der Waals surface area contributed by atoms with Crippen LogP contribution in [-0.4, -0.2) is 31.8 Å². The largest absolute Gasteiger partial charge is 0.484 e. The SMILES string of the molecule is COC1CC(NC(=O)COc2cccc(N)c2)C1(C)C. The molecule has 0 heterocycles. The van der Waals surface area contributed by atoms with Crippen LogP contribution in [0, 0.1) is 5.41 Å². The molecule has 0 radical (unpaired) electrons. The second-order valence-electron chi connectivity index (χ2n) is 5.76. The van der Waals surface area contributed by atoms with Crippen molar-refractivity contribution in [1.82, 2.24) is 5.32 Å². The molecule has 0 aromatic heterocycles. The van der Waals surface area contributed by atoms with Gasteiger partial charge in [0.05, 0.1) is 6.10 Å². The Bertz CT molecular complexity index is 488. The Morgan fingerprint density at radius 1 is 1.50 bits per heavy atom. The van der Waals surface area contributed by atoms with Gasteiger partial charge in [-0.2, -0.15) is 0 Å². The molecule has 2 rings (SSSR count). The van der Waals surface area contributed by atoms with Crippen molar-refractivity contribution >= 4 is 11.6 Å². The number of rotatable bonds is 5. The fourth-order valence-corrected chi connectivity index (χ4v) is 2.52. The highest BCUT2D eigenvalue weighted by Crippen LogP contribution is 2.42. The quantitative estimate of drug-likeness (QED) is 0.802. The molecule has 1 aromatic rings. The highest BCUT2D eigenvalue weighted by molar-refractivity contribution is 5.78. The molecule has 1 saturated carbocycles. The van der Waals surface area contributed by atoms with Crippen LogP contribution in [0.15, 0.2) is 24.3 Å². The molecule has 2 unspecified atom stereocenters. The van der Waals surface area contributed by atoms with E-state index in [1.54, 1.807) is 31.4 Å². The maximum atomic E-state index is 11.9. The molecule has 20 heavy (non-hydrogen) atoms. The van der Waals surface area contributed by atoms with Crippen molar-refractivity contribution in [3.05, 3.63) is 24.3 Å². The maximum Gasteiger partial charge on any atom is 0.258 e. The van der Waals surface area contributed by atoms with E-state index < -0.39 is 0 Å². The number of nitrogen functional groups attached to an aromatic ring is 1. The number of nitrogens with two attached hydrogens (primary N) is 1. The van der Waals surface area contributed by atoms with Gasteiger partial charge in [-0.25, -0.2) is 0 Å². The number of hydrogen-bond donors (Lipinski definition) is 2. The zero-order valence-electron chi connectivity index (χ0n) is 12.2. The lowest BCUT2D eigenvalue weighted by Crippen LogP contribution is -2.62. The maximum absolute atomic E-state index is 11.9. The van der Waals surface area contributed by atoms with Gasteiger partial charge in [0.15, 0.2) is 6.61 Å². The lowest BCUT2D eigenvalue weighted by atomic mass is 9.64. The van der Waals surface area contributed by atoms with Crippen molar-refractivity contribution < 1.29 is 14.3 Å². The van der Waals surface area contributed by atoms with Crippen molar-refractivity contribution in [3.8, 4) is 5.75 Å². The lowest BCUT2D eigenvalue weighted by molar-refractivity contribution is -0.134. The van der Waals surface area contributed by atoms with Gasteiger partial charge in [0.2, 0.25) is 0 Å². The van der Waals surface area contributed by atoms with E-state index in [9.17, 15) is 4.79 Å². The highest BCUT2D eigenvalue weighted by atomic mass is 16.5. The number of methoxy groups -OCH3 is 1. The van der Waals surface area contributed by atoms with E-state index in [1.807, 2.05) is 0 Å². The van der Waals surface area contributed by atoms with Crippen LogP contribution in [0.1, 0.15) is 20.3 Å². The first-order valence-electron chi connectivity index (χ1n) is 6.74. The van der Waals surface area contributed by atoms with E-state index in [0.29, 0.717) is 11.4 Å². The second kappa shape index (κ2) is 5.71. The summed E-state index contributed by atoms with van der Waals surface area (Å²) in [7, 11) is 1.70. The van der Waals surface area contributed by atoms with Crippen LogP contribution in [0.25, 0.3) is 0 Å². The molecule has 5 nitrogen and oxygen atoms in total. The third kappa shape index (κ3) is 3.04. The summed E-state index contributed by atoms with van der Waals surface area (Å²) in [5.74, 6) is 0.475. The van der Waals surface area contributed by atoms with Crippen LogP contribution in [0.3, 0.4) is 0 Å². The number of benzene rings is 1. The molecule has 0 saturated heterocycles. The average Bonchev–Trinajstić information content (AvgIpc) is 2.41. The van der Waals surface area contributed by atoms with Gasteiger partial charge in [-0.05, 0) is 18.6 Å². The Hall–Kier alpha value is -1.75. The molecular weight excluding hydrogens is 256 g/mol. The molecule has 1 aromatic carbocycles. The van der Waals surface area contributed by atoms with E-state index >= 15 is 0 Å². The molecule has 110 valence electrons. The average molecular weight is 278 g/mol. The summed E-state index contributed by atoms with van der Waals surface area (Å²) in [4.78, 5) is 11.9. The van der Waals surface area contributed by atoms with Gasteiger partial charge in [0, 0.05) is 30.3 Å². The second-order valence-corrected chi connectivity index (χ2v) is 5.76. The van der Waals surface area contributed by atoms with Crippen molar-refractivity contribution in [1.29, 1.82) is 0 Å². The zero-order valence-corrected chi connectivity index (χ0v) is 12.2. The first-order chi connectivity index (χ1) is 9.43.